The van der Waals surface area contributed by atoms with Crippen molar-refractivity contribution in [1.82, 2.24) is 0 Å². The second kappa shape index (κ2) is 5.14. The highest BCUT2D eigenvalue weighted by molar-refractivity contribution is 5.85. The van der Waals surface area contributed by atoms with E-state index >= 15 is 0 Å². The summed E-state index contributed by atoms with van der Waals surface area (Å²) in [5, 5.41) is 0. The zero-order valence-corrected chi connectivity index (χ0v) is 8.07. The van der Waals surface area contributed by atoms with Gasteiger partial charge >= 0.3 is 0 Å². The van der Waals surface area contributed by atoms with E-state index in [2.05, 4.69) is 0 Å². The highest BCUT2D eigenvalue weighted by atomic mass is 35.5. The molecular formula is C9H12ClF2N. The van der Waals surface area contributed by atoms with Crippen LogP contribution in [0.15, 0.2) is 18.2 Å². The third-order valence-electron chi connectivity index (χ3n) is 1.79. The van der Waals surface area contributed by atoms with Crippen LogP contribution >= 0.6 is 12.4 Å². The van der Waals surface area contributed by atoms with E-state index in [-0.39, 0.29) is 18.2 Å². The molecule has 1 aromatic rings. The van der Waals surface area contributed by atoms with Gasteiger partial charge in [0.15, 0.2) is 0 Å². The molecule has 4 heteroatoms. The lowest BCUT2D eigenvalue weighted by Gasteiger charge is -2.07. The maximum atomic E-state index is 12.9. The van der Waals surface area contributed by atoms with E-state index in [4.69, 9.17) is 5.73 Å². The molecule has 13 heavy (non-hydrogen) atoms. The molecule has 1 rings (SSSR count). The minimum absolute atomic E-state index is 0. The summed E-state index contributed by atoms with van der Waals surface area (Å²) in [7, 11) is 0. The second-order valence-electron chi connectivity index (χ2n) is 2.77. The Kier molecular flexibility index (Phi) is 4.88. The average molecular weight is 208 g/mol. The molecule has 74 valence electrons. The first-order valence-corrected chi connectivity index (χ1v) is 3.72. The van der Waals surface area contributed by atoms with Crippen LogP contribution in [0.5, 0.6) is 0 Å². The van der Waals surface area contributed by atoms with Crippen molar-refractivity contribution >= 4 is 12.4 Å². The van der Waals surface area contributed by atoms with E-state index in [0.717, 1.165) is 0 Å². The van der Waals surface area contributed by atoms with Gasteiger partial charge in [0.25, 0.3) is 0 Å². The van der Waals surface area contributed by atoms with Crippen molar-refractivity contribution in [3.63, 3.8) is 0 Å². The number of hydrogen-bond acceptors (Lipinski definition) is 1. The van der Waals surface area contributed by atoms with Crippen LogP contribution < -0.4 is 5.73 Å². The molecule has 0 saturated heterocycles. The Bertz CT molecular complexity index is 278. The number of aryl methyl sites for hydroxylation is 1. The Morgan fingerprint density at radius 3 is 2.54 bits per heavy atom. The molecule has 0 amide bonds. The average Bonchev–Trinajstić information content (AvgIpc) is 2.08. The van der Waals surface area contributed by atoms with E-state index in [1.54, 1.807) is 19.1 Å². The summed E-state index contributed by atoms with van der Waals surface area (Å²) in [6.45, 7) is 0.989. The van der Waals surface area contributed by atoms with Crippen LogP contribution in [-0.2, 0) is 0 Å². The lowest BCUT2D eigenvalue weighted by atomic mass is 10.1. The molecule has 0 bridgehead atoms. The number of halogens is 3. The van der Waals surface area contributed by atoms with Gasteiger partial charge in [-0.2, -0.15) is 0 Å². The van der Waals surface area contributed by atoms with Crippen molar-refractivity contribution in [1.29, 1.82) is 0 Å². The summed E-state index contributed by atoms with van der Waals surface area (Å²) >= 11 is 0. The molecule has 0 radical (unpaired) electrons. The van der Waals surface area contributed by atoms with Crippen LogP contribution in [0, 0.1) is 12.7 Å². The van der Waals surface area contributed by atoms with Crippen LogP contribution in [0.3, 0.4) is 0 Å². The first kappa shape index (κ1) is 12.3. The number of alkyl halides is 1. The zero-order chi connectivity index (χ0) is 9.14. The summed E-state index contributed by atoms with van der Waals surface area (Å²) in [5.74, 6) is -0.337. The molecule has 1 nitrogen and oxygen atoms in total. The highest BCUT2D eigenvalue weighted by Crippen LogP contribution is 2.14. The first-order chi connectivity index (χ1) is 5.65. The number of hydrogen-bond donors (Lipinski definition) is 1. The van der Waals surface area contributed by atoms with E-state index < -0.39 is 12.7 Å². The van der Waals surface area contributed by atoms with Crippen LogP contribution in [0.25, 0.3) is 0 Å². The predicted octanol–water partition coefficient (Wildman–Crippen LogP) is 2.53. The Balaban J connectivity index is 0.00000144. The molecule has 0 aliphatic heterocycles. The van der Waals surface area contributed by atoms with Crippen LogP contribution in [0.1, 0.15) is 17.2 Å². The molecule has 0 heterocycles. The Morgan fingerprint density at radius 1 is 1.46 bits per heavy atom. The molecule has 0 fully saturated rings. The summed E-state index contributed by atoms with van der Waals surface area (Å²) in [6.07, 6.45) is 0. The standard InChI is InChI=1S/C9H11F2N.ClH/c1-6-2-3-7(4-8(6)11)9(12)5-10;/h2-4,9H,5,12H2,1H3;1H/t9-;/m0./s1. The molecule has 0 unspecified atom stereocenters. The van der Waals surface area contributed by atoms with Crippen LogP contribution in [0.2, 0.25) is 0 Å². The van der Waals surface area contributed by atoms with Gasteiger partial charge in [0.1, 0.15) is 12.5 Å². The molecule has 0 saturated carbocycles. The van der Waals surface area contributed by atoms with Crippen molar-refractivity contribution < 1.29 is 8.78 Å². The van der Waals surface area contributed by atoms with Gasteiger partial charge in [-0.05, 0) is 24.1 Å². The van der Waals surface area contributed by atoms with Crippen molar-refractivity contribution in [2.45, 2.75) is 13.0 Å². The maximum Gasteiger partial charge on any atom is 0.126 e. The Morgan fingerprint density at radius 2 is 2.08 bits per heavy atom. The monoisotopic (exact) mass is 207 g/mol. The van der Waals surface area contributed by atoms with Gasteiger partial charge in [0, 0.05) is 0 Å². The zero-order valence-electron chi connectivity index (χ0n) is 7.26. The molecular weight excluding hydrogens is 196 g/mol. The summed E-state index contributed by atoms with van der Waals surface area (Å²) in [4.78, 5) is 0. The summed E-state index contributed by atoms with van der Waals surface area (Å²) < 4.78 is 25.0. The second-order valence-corrected chi connectivity index (χ2v) is 2.77. The van der Waals surface area contributed by atoms with E-state index in [1.165, 1.54) is 6.07 Å². The van der Waals surface area contributed by atoms with Gasteiger partial charge < -0.3 is 5.73 Å². The molecule has 2 N–H and O–H groups in total. The van der Waals surface area contributed by atoms with Crippen molar-refractivity contribution in [3.8, 4) is 0 Å². The topological polar surface area (TPSA) is 26.0 Å². The number of rotatable bonds is 2. The third kappa shape index (κ3) is 2.94. The van der Waals surface area contributed by atoms with Crippen molar-refractivity contribution in [3.05, 3.63) is 35.1 Å². The lowest BCUT2D eigenvalue weighted by Crippen LogP contribution is -2.12. The van der Waals surface area contributed by atoms with E-state index in [9.17, 15) is 8.78 Å². The Labute approximate surface area is 82.4 Å². The Hall–Kier alpha value is -0.670. The maximum absolute atomic E-state index is 12.9. The minimum atomic E-state index is -0.708. The molecule has 0 aliphatic rings. The predicted molar refractivity (Wildman–Crippen MR) is 51.3 cm³/mol. The third-order valence-corrected chi connectivity index (χ3v) is 1.79. The van der Waals surface area contributed by atoms with Crippen molar-refractivity contribution in [2.75, 3.05) is 6.67 Å². The molecule has 0 spiro atoms. The van der Waals surface area contributed by atoms with Gasteiger partial charge in [0.05, 0.1) is 6.04 Å². The summed E-state index contributed by atoms with van der Waals surface area (Å²) in [5.41, 5.74) is 6.42. The van der Waals surface area contributed by atoms with E-state index in [1.807, 2.05) is 0 Å². The molecule has 0 aliphatic carbocycles. The molecule has 0 aromatic heterocycles. The van der Waals surface area contributed by atoms with Gasteiger partial charge in [-0.25, -0.2) is 8.78 Å². The van der Waals surface area contributed by atoms with Crippen LogP contribution in [-0.4, -0.2) is 6.67 Å². The van der Waals surface area contributed by atoms with Gasteiger partial charge in [-0.3, -0.25) is 0 Å². The normalized spacial score (nSPS) is 12.0. The van der Waals surface area contributed by atoms with Crippen LogP contribution in [0.4, 0.5) is 8.78 Å². The largest absolute Gasteiger partial charge is 0.322 e. The van der Waals surface area contributed by atoms with Crippen molar-refractivity contribution in [2.24, 2.45) is 5.73 Å². The molecule has 1 aromatic carbocycles. The first-order valence-electron chi connectivity index (χ1n) is 3.72. The van der Waals surface area contributed by atoms with E-state index in [0.29, 0.717) is 11.1 Å². The highest BCUT2D eigenvalue weighted by Gasteiger charge is 2.06. The van der Waals surface area contributed by atoms with Gasteiger partial charge in [-0.1, -0.05) is 12.1 Å². The fraction of sp³-hybridized carbons (Fsp3) is 0.333. The number of benzene rings is 1. The fourth-order valence-corrected chi connectivity index (χ4v) is 0.929. The summed E-state index contributed by atoms with van der Waals surface area (Å²) in [6, 6.07) is 3.81. The fourth-order valence-electron chi connectivity index (χ4n) is 0.929. The van der Waals surface area contributed by atoms with Gasteiger partial charge in [0.2, 0.25) is 0 Å². The smallest absolute Gasteiger partial charge is 0.126 e. The lowest BCUT2D eigenvalue weighted by molar-refractivity contribution is 0.436. The SMILES string of the molecule is Cc1ccc([C@@H](N)CF)cc1F.Cl. The molecule has 1 atom stereocenters. The number of nitrogens with two attached hydrogens (primary N) is 1. The quantitative estimate of drug-likeness (QED) is 0.793. The van der Waals surface area contributed by atoms with Gasteiger partial charge in [-0.15, -0.1) is 12.4 Å². The minimum Gasteiger partial charge on any atom is -0.322 e.